The van der Waals surface area contributed by atoms with Crippen molar-refractivity contribution in [3.8, 4) is 16.9 Å². The van der Waals surface area contributed by atoms with Crippen molar-refractivity contribution >= 4 is 16.6 Å². The van der Waals surface area contributed by atoms with Crippen molar-refractivity contribution in [3.05, 3.63) is 54.2 Å². The fraction of sp³-hybridized carbons (Fsp3) is 0.318. The average molecular weight is 349 g/mol. The van der Waals surface area contributed by atoms with Crippen LogP contribution >= 0.6 is 0 Å². The lowest BCUT2D eigenvalue weighted by Gasteiger charge is -2.20. The number of fused-ring (bicyclic) bond motifs is 1. The molecule has 1 unspecified atom stereocenters. The fourth-order valence-electron chi connectivity index (χ4n) is 3.28. The predicted molar refractivity (Wildman–Crippen MR) is 110 cm³/mol. The van der Waals surface area contributed by atoms with Crippen LogP contribution < -0.4 is 15.8 Å². The summed E-state index contributed by atoms with van der Waals surface area (Å²) in [5, 5.41) is 4.67. The highest BCUT2D eigenvalue weighted by Crippen LogP contribution is 2.40. The molecule has 0 aliphatic heterocycles. The normalized spacial score (nSPS) is 12.2. The van der Waals surface area contributed by atoms with Crippen LogP contribution in [0.15, 0.2) is 48.7 Å². The van der Waals surface area contributed by atoms with Gasteiger partial charge in [-0.3, -0.25) is 4.98 Å². The number of rotatable bonds is 7. The largest absolute Gasteiger partial charge is 0.496 e. The number of methoxy groups -OCH3 is 1. The van der Waals surface area contributed by atoms with Gasteiger partial charge in [0, 0.05) is 29.3 Å². The summed E-state index contributed by atoms with van der Waals surface area (Å²) in [6, 6.07) is 15.0. The third-order valence-corrected chi connectivity index (χ3v) is 4.66. The van der Waals surface area contributed by atoms with Gasteiger partial charge in [-0.1, -0.05) is 35.9 Å². The molecule has 0 saturated carbocycles. The van der Waals surface area contributed by atoms with Gasteiger partial charge >= 0.3 is 0 Å². The van der Waals surface area contributed by atoms with E-state index in [0.717, 1.165) is 46.3 Å². The number of hydrogen-bond donors (Lipinski definition) is 2. The van der Waals surface area contributed by atoms with Crippen molar-refractivity contribution in [1.29, 1.82) is 0 Å². The zero-order chi connectivity index (χ0) is 18.5. The molecule has 0 saturated heterocycles. The molecule has 1 heterocycles. The topological polar surface area (TPSA) is 60.2 Å². The third kappa shape index (κ3) is 3.81. The molecular weight excluding hydrogens is 322 g/mol. The molecule has 0 bridgehead atoms. The van der Waals surface area contributed by atoms with Crippen LogP contribution in [0.5, 0.6) is 5.75 Å². The maximum atomic E-state index is 5.75. The van der Waals surface area contributed by atoms with Crippen molar-refractivity contribution < 1.29 is 4.74 Å². The van der Waals surface area contributed by atoms with Crippen LogP contribution in [0.2, 0.25) is 0 Å². The highest BCUT2D eigenvalue weighted by molar-refractivity contribution is 6.04. The Morgan fingerprint density at radius 2 is 1.96 bits per heavy atom. The van der Waals surface area contributed by atoms with E-state index in [-0.39, 0.29) is 0 Å². The number of ether oxygens (including phenoxy) is 1. The summed E-state index contributed by atoms with van der Waals surface area (Å²) >= 11 is 0. The first-order valence-electron chi connectivity index (χ1n) is 9.13. The average Bonchev–Trinajstić information content (AvgIpc) is 2.67. The summed E-state index contributed by atoms with van der Waals surface area (Å²) in [6.07, 6.45) is 3.86. The van der Waals surface area contributed by atoms with Gasteiger partial charge in [-0.2, -0.15) is 0 Å². The van der Waals surface area contributed by atoms with Crippen LogP contribution in [-0.4, -0.2) is 24.7 Å². The van der Waals surface area contributed by atoms with E-state index in [1.54, 1.807) is 7.11 Å². The van der Waals surface area contributed by atoms with Crippen LogP contribution in [0, 0.1) is 6.92 Å². The van der Waals surface area contributed by atoms with Gasteiger partial charge in [0.1, 0.15) is 5.75 Å². The standard InChI is InChI=1S/C22H27N3O/c1-15-8-10-17(11-9-15)21-18-7-5-13-24-22(18)19(14-20(21)26-3)25-16(2)6-4-12-23/h5,7-11,13-14,16,25H,4,6,12,23H2,1-3H3. The highest BCUT2D eigenvalue weighted by Gasteiger charge is 2.16. The van der Waals surface area contributed by atoms with Crippen molar-refractivity contribution in [2.24, 2.45) is 5.73 Å². The number of anilines is 1. The molecule has 3 rings (SSSR count). The van der Waals surface area contributed by atoms with Gasteiger partial charge in [-0.25, -0.2) is 0 Å². The summed E-state index contributed by atoms with van der Waals surface area (Å²) < 4.78 is 5.75. The maximum Gasteiger partial charge on any atom is 0.129 e. The molecule has 3 N–H and O–H groups in total. The number of pyridine rings is 1. The minimum Gasteiger partial charge on any atom is -0.496 e. The number of hydrogen-bond acceptors (Lipinski definition) is 4. The Morgan fingerprint density at radius 3 is 2.65 bits per heavy atom. The van der Waals surface area contributed by atoms with Gasteiger partial charge in [0.05, 0.1) is 18.3 Å². The van der Waals surface area contributed by atoms with Crippen LogP contribution in [-0.2, 0) is 0 Å². The summed E-state index contributed by atoms with van der Waals surface area (Å²) in [5.41, 5.74) is 11.1. The Hall–Kier alpha value is -2.59. The molecule has 3 aromatic rings. The van der Waals surface area contributed by atoms with Gasteiger partial charge in [0.25, 0.3) is 0 Å². The smallest absolute Gasteiger partial charge is 0.129 e. The second-order valence-electron chi connectivity index (χ2n) is 6.74. The van der Waals surface area contributed by atoms with Crippen molar-refractivity contribution in [2.45, 2.75) is 32.7 Å². The Bertz CT molecular complexity index is 874. The molecule has 1 aromatic heterocycles. The zero-order valence-corrected chi connectivity index (χ0v) is 15.8. The zero-order valence-electron chi connectivity index (χ0n) is 15.8. The predicted octanol–water partition coefficient (Wildman–Crippen LogP) is 4.76. The highest BCUT2D eigenvalue weighted by atomic mass is 16.5. The SMILES string of the molecule is COc1cc(NC(C)CCCN)c2ncccc2c1-c1ccc(C)cc1. The molecule has 1 atom stereocenters. The van der Waals surface area contributed by atoms with Gasteiger partial charge in [0.15, 0.2) is 0 Å². The van der Waals surface area contributed by atoms with Crippen LogP contribution in [0.4, 0.5) is 5.69 Å². The second kappa shape index (κ2) is 8.19. The van der Waals surface area contributed by atoms with E-state index in [1.807, 2.05) is 12.3 Å². The maximum absolute atomic E-state index is 5.75. The van der Waals surface area contributed by atoms with E-state index >= 15 is 0 Å². The van der Waals surface area contributed by atoms with E-state index in [4.69, 9.17) is 10.5 Å². The molecule has 0 aliphatic carbocycles. The summed E-state index contributed by atoms with van der Waals surface area (Å²) in [6.45, 7) is 4.97. The molecule has 0 radical (unpaired) electrons. The fourth-order valence-corrected chi connectivity index (χ4v) is 3.28. The van der Waals surface area contributed by atoms with Crippen LogP contribution in [0.25, 0.3) is 22.0 Å². The summed E-state index contributed by atoms with van der Waals surface area (Å²) in [4.78, 5) is 4.65. The molecule has 2 aromatic carbocycles. The van der Waals surface area contributed by atoms with Gasteiger partial charge in [-0.15, -0.1) is 0 Å². The van der Waals surface area contributed by atoms with E-state index in [2.05, 4.69) is 60.5 Å². The molecule has 26 heavy (non-hydrogen) atoms. The molecule has 4 heteroatoms. The number of aryl methyl sites for hydroxylation is 1. The first-order chi connectivity index (χ1) is 12.6. The van der Waals surface area contributed by atoms with Gasteiger partial charge in [0.2, 0.25) is 0 Å². The first-order valence-corrected chi connectivity index (χ1v) is 9.13. The Balaban J connectivity index is 2.12. The van der Waals surface area contributed by atoms with Crippen molar-refractivity contribution in [1.82, 2.24) is 4.98 Å². The Morgan fingerprint density at radius 1 is 1.19 bits per heavy atom. The molecular formula is C22H27N3O. The molecule has 4 nitrogen and oxygen atoms in total. The monoisotopic (exact) mass is 349 g/mol. The van der Waals surface area contributed by atoms with Crippen molar-refractivity contribution in [2.75, 3.05) is 19.0 Å². The number of nitrogens with two attached hydrogens (primary N) is 1. The molecule has 0 amide bonds. The minimum atomic E-state index is 0.318. The van der Waals surface area contributed by atoms with Gasteiger partial charge < -0.3 is 15.8 Å². The quantitative estimate of drug-likeness (QED) is 0.646. The molecule has 136 valence electrons. The molecule has 0 fully saturated rings. The lowest BCUT2D eigenvalue weighted by atomic mass is 9.97. The number of nitrogens with zero attached hydrogens (tertiary/aromatic N) is 1. The van der Waals surface area contributed by atoms with Crippen LogP contribution in [0.1, 0.15) is 25.3 Å². The lowest BCUT2D eigenvalue weighted by Crippen LogP contribution is -2.17. The first kappa shape index (κ1) is 18.2. The number of benzene rings is 2. The van der Waals surface area contributed by atoms with E-state index < -0.39 is 0 Å². The summed E-state index contributed by atoms with van der Waals surface area (Å²) in [7, 11) is 1.72. The van der Waals surface area contributed by atoms with Crippen molar-refractivity contribution in [3.63, 3.8) is 0 Å². The molecule has 0 aliphatic rings. The minimum absolute atomic E-state index is 0.318. The third-order valence-electron chi connectivity index (χ3n) is 4.66. The Labute approximate surface area is 155 Å². The summed E-state index contributed by atoms with van der Waals surface area (Å²) in [5.74, 6) is 0.850. The van der Waals surface area contributed by atoms with Gasteiger partial charge in [-0.05, 0) is 44.9 Å². The lowest BCUT2D eigenvalue weighted by molar-refractivity contribution is 0.417. The van der Waals surface area contributed by atoms with E-state index in [1.165, 1.54) is 5.56 Å². The van der Waals surface area contributed by atoms with E-state index in [0.29, 0.717) is 12.6 Å². The second-order valence-corrected chi connectivity index (χ2v) is 6.74. The molecule has 0 spiro atoms. The van der Waals surface area contributed by atoms with Crippen LogP contribution in [0.3, 0.4) is 0 Å². The number of aromatic nitrogens is 1. The number of nitrogens with one attached hydrogen (secondary N) is 1. The van der Waals surface area contributed by atoms with E-state index in [9.17, 15) is 0 Å². The Kier molecular flexibility index (Phi) is 5.74.